The lowest BCUT2D eigenvalue weighted by atomic mass is 9.99. The predicted octanol–water partition coefficient (Wildman–Crippen LogP) is 2.50. The van der Waals surface area contributed by atoms with Crippen molar-refractivity contribution in [1.82, 2.24) is 15.5 Å². The monoisotopic (exact) mass is 314 g/mol. The summed E-state index contributed by atoms with van der Waals surface area (Å²) in [5.41, 5.74) is -0.603. The largest absolute Gasteiger partial charge is 0.481 e. The number of anilines is 1. The van der Waals surface area contributed by atoms with E-state index in [0.29, 0.717) is 17.5 Å². The van der Waals surface area contributed by atoms with Crippen molar-refractivity contribution in [3.05, 3.63) is 5.01 Å². The maximum Gasteiger partial charge on any atom is 0.321 e. The number of nitrogens with one attached hydrogen (secondary N) is 2. The van der Waals surface area contributed by atoms with E-state index in [1.165, 1.54) is 11.3 Å². The summed E-state index contributed by atoms with van der Waals surface area (Å²) in [7, 11) is 0. The molecule has 0 bridgehead atoms. The average molecular weight is 314 g/mol. The zero-order valence-electron chi connectivity index (χ0n) is 12.8. The van der Waals surface area contributed by atoms with E-state index in [0.717, 1.165) is 11.4 Å². The molecule has 0 fully saturated rings. The first-order chi connectivity index (χ1) is 9.68. The second kappa shape index (κ2) is 7.35. The first-order valence-corrected chi connectivity index (χ1v) is 7.63. The normalized spacial score (nSPS) is 11.5. The maximum atomic E-state index is 11.9. The fraction of sp³-hybridized carbons (Fsp3) is 0.692. The molecule has 1 aromatic rings. The summed E-state index contributed by atoms with van der Waals surface area (Å²) in [5, 5.41) is 23.3. The molecule has 0 aliphatic heterocycles. The van der Waals surface area contributed by atoms with Gasteiger partial charge in [-0.05, 0) is 26.2 Å². The highest BCUT2D eigenvalue weighted by Gasteiger charge is 2.22. The van der Waals surface area contributed by atoms with Gasteiger partial charge >= 0.3 is 12.0 Å². The van der Waals surface area contributed by atoms with Crippen LogP contribution in [0.5, 0.6) is 0 Å². The lowest BCUT2D eigenvalue weighted by Crippen LogP contribution is -2.45. The number of aliphatic carboxylic acids is 1. The van der Waals surface area contributed by atoms with E-state index in [9.17, 15) is 9.59 Å². The highest BCUT2D eigenvalue weighted by atomic mass is 32.1. The van der Waals surface area contributed by atoms with E-state index >= 15 is 0 Å². The van der Waals surface area contributed by atoms with Gasteiger partial charge < -0.3 is 10.4 Å². The molecule has 1 aromatic heterocycles. The third-order valence-electron chi connectivity index (χ3n) is 2.69. The van der Waals surface area contributed by atoms with Gasteiger partial charge in [0.05, 0.1) is 0 Å². The molecule has 1 heterocycles. The lowest BCUT2D eigenvalue weighted by molar-refractivity contribution is -0.137. The Labute approximate surface area is 128 Å². The van der Waals surface area contributed by atoms with Gasteiger partial charge in [-0.15, -0.1) is 10.2 Å². The number of amides is 2. The number of rotatable bonds is 7. The third kappa shape index (κ3) is 7.03. The number of hydrogen-bond acceptors (Lipinski definition) is 5. The Morgan fingerprint density at radius 2 is 2.00 bits per heavy atom. The molecule has 0 aliphatic carbocycles. The Hall–Kier alpha value is -1.70. The molecule has 0 spiro atoms. The summed E-state index contributed by atoms with van der Waals surface area (Å²) < 4.78 is 0. The first-order valence-electron chi connectivity index (χ1n) is 6.81. The van der Waals surface area contributed by atoms with Crippen molar-refractivity contribution < 1.29 is 14.7 Å². The van der Waals surface area contributed by atoms with Crippen molar-refractivity contribution in [3.8, 4) is 0 Å². The minimum absolute atomic E-state index is 0.00459. The van der Waals surface area contributed by atoms with E-state index in [1.54, 1.807) is 13.8 Å². The van der Waals surface area contributed by atoms with Crippen molar-refractivity contribution in [2.45, 2.75) is 52.5 Å². The van der Waals surface area contributed by atoms with Crippen molar-refractivity contribution in [2.75, 3.05) is 5.32 Å². The second-order valence-electron chi connectivity index (χ2n) is 5.96. The molecule has 0 saturated carbocycles. The Bertz CT molecular complexity index is 499. The highest BCUT2D eigenvalue weighted by Crippen LogP contribution is 2.18. The summed E-state index contributed by atoms with van der Waals surface area (Å²) in [5.74, 6) is -0.401. The van der Waals surface area contributed by atoms with Gasteiger partial charge in [0.2, 0.25) is 5.13 Å². The van der Waals surface area contributed by atoms with E-state index in [-0.39, 0.29) is 6.42 Å². The van der Waals surface area contributed by atoms with Gasteiger partial charge in [0.25, 0.3) is 0 Å². The van der Waals surface area contributed by atoms with Crippen LogP contribution in [0.4, 0.5) is 9.93 Å². The van der Waals surface area contributed by atoms with Gasteiger partial charge in [0, 0.05) is 18.4 Å². The van der Waals surface area contributed by atoms with Crippen LogP contribution in [0.1, 0.15) is 45.5 Å². The number of aromatic nitrogens is 2. The summed E-state index contributed by atoms with van der Waals surface area (Å²) in [6.07, 6.45) is 1.18. The molecule has 3 N–H and O–H groups in total. The molecule has 2 amide bonds. The number of carbonyl (C=O) groups excluding carboxylic acids is 1. The molecule has 0 aliphatic rings. The maximum absolute atomic E-state index is 11.9. The Morgan fingerprint density at radius 3 is 2.57 bits per heavy atom. The summed E-state index contributed by atoms with van der Waals surface area (Å²) in [4.78, 5) is 22.4. The standard InChI is InChI=1S/C13H22N4O3S/c1-8(2)7-9-16-17-12(21-9)14-11(20)15-13(3,4)6-5-10(18)19/h8H,5-7H2,1-4H3,(H,18,19)(H2,14,15,17,20). The molecule has 0 unspecified atom stereocenters. The Morgan fingerprint density at radius 1 is 1.33 bits per heavy atom. The van der Waals surface area contributed by atoms with Gasteiger partial charge in [-0.25, -0.2) is 4.79 Å². The van der Waals surface area contributed by atoms with E-state index in [4.69, 9.17) is 5.11 Å². The fourth-order valence-electron chi connectivity index (χ4n) is 1.65. The number of hydrogen-bond donors (Lipinski definition) is 3. The number of nitrogens with zero attached hydrogens (tertiary/aromatic N) is 2. The molecule has 1 rings (SSSR count). The SMILES string of the molecule is CC(C)Cc1nnc(NC(=O)NC(C)(C)CCC(=O)O)s1. The molecule has 7 nitrogen and oxygen atoms in total. The van der Waals surface area contributed by atoms with Crippen LogP contribution >= 0.6 is 11.3 Å². The highest BCUT2D eigenvalue weighted by molar-refractivity contribution is 7.15. The van der Waals surface area contributed by atoms with Crippen molar-refractivity contribution in [2.24, 2.45) is 5.92 Å². The molecular weight excluding hydrogens is 292 g/mol. The van der Waals surface area contributed by atoms with Gasteiger partial charge in [0.1, 0.15) is 5.01 Å². The topological polar surface area (TPSA) is 104 Å². The van der Waals surface area contributed by atoms with Gasteiger partial charge in [-0.2, -0.15) is 0 Å². The molecule has 0 saturated heterocycles. The number of urea groups is 1. The van der Waals surface area contributed by atoms with Crippen LogP contribution in [-0.2, 0) is 11.2 Å². The van der Waals surface area contributed by atoms with Crippen molar-refractivity contribution >= 4 is 28.5 Å². The fourth-order valence-corrected chi connectivity index (χ4v) is 2.60. The molecule has 8 heteroatoms. The summed E-state index contributed by atoms with van der Waals surface area (Å²) >= 11 is 1.35. The predicted molar refractivity (Wildman–Crippen MR) is 81.6 cm³/mol. The quantitative estimate of drug-likeness (QED) is 0.717. The van der Waals surface area contributed by atoms with Crippen molar-refractivity contribution in [3.63, 3.8) is 0 Å². The molecule has 0 atom stereocenters. The van der Waals surface area contributed by atoms with E-state index in [1.807, 2.05) is 0 Å². The van der Waals surface area contributed by atoms with Gasteiger partial charge in [-0.3, -0.25) is 10.1 Å². The van der Waals surface area contributed by atoms with Crippen LogP contribution < -0.4 is 10.6 Å². The van der Waals surface area contributed by atoms with Crippen molar-refractivity contribution in [1.29, 1.82) is 0 Å². The average Bonchev–Trinajstić information content (AvgIpc) is 2.72. The van der Waals surface area contributed by atoms with E-state index in [2.05, 4.69) is 34.7 Å². The number of carboxylic acid groups (broad SMARTS) is 1. The van der Waals surface area contributed by atoms with Crippen LogP contribution in [0.25, 0.3) is 0 Å². The van der Waals surface area contributed by atoms with Crippen LogP contribution in [0.2, 0.25) is 0 Å². The minimum atomic E-state index is -0.882. The van der Waals surface area contributed by atoms with Crippen LogP contribution in [0.3, 0.4) is 0 Å². The summed E-state index contributed by atoms with van der Waals surface area (Å²) in [6, 6.07) is -0.405. The van der Waals surface area contributed by atoms with Crippen LogP contribution in [0.15, 0.2) is 0 Å². The Balaban J connectivity index is 2.49. The van der Waals surface area contributed by atoms with Gasteiger partial charge in [-0.1, -0.05) is 25.2 Å². The molecular formula is C13H22N4O3S. The second-order valence-corrected chi connectivity index (χ2v) is 7.02. The van der Waals surface area contributed by atoms with E-state index < -0.39 is 17.5 Å². The molecule has 0 radical (unpaired) electrons. The Kier molecular flexibility index (Phi) is 6.07. The van der Waals surface area contributed by atoms with Crippen LogP contribution in [-0.4, -0.2) is 32.8 Å². The van der Waals surface area contributed by atoms with Gasteiger partial charge in [0.15, 0.2) is 0 Å². The number of carboxylic acids is 1. The zero-order chi connectivity index (χ0) is 16.0. The molecule has 118 valence electrons. The summed E-state index contributed by atoms with van der Waals surface area (Å²) in [6.45, 7) is 7.73. The van der Waals surface area contributed by atoms with Crippen LogP contribution in [0, 0.1) is 5.92 Å². The molecule has 0 aromatic carbocycles. The minimum Gasteiger partial charge on any atom is -0.481 e. The lowest BCUT2D eigenvalue weighted by Gasteiger charge is -2.25. The first kappa shape index (κ1) is 17.4. The third-order valence-corrected chi connectivity index (χ3v) is 3.55. The molecule has 21 heavy (non-hydrogen) atoms. The smallest absolute Gasteiger partial charge is 0.321 e. The zero-order valence-corrected chi connectivity index (χ0v) is 13.6. The number of carbonyl (C=O) groups is 2.